The van der Waals surface area contributed by atoms with Crippen LogP contribution in [0.2, 0.25) is 0 Å². The lowest BCUT2D eigenvalue weighted by Gasteiger charge is -2.14. The molecule has 4 heteroatoms. The van der Waals surface area contributed by atoms with Gasteiger partial charge < -0.3 is 0 Å². The first kappa shape index (κ1) is 16.9. The molecule has 138 valence electrons. The zero-order chi connectivity index (χ0) is 18.9. The van der Waals surface area contributed by atoms with Crippen molar-refractivity contribution in [3.05, 3.63) is 89.4 Å². The lowest BCUT2D eigenvalue weighted by molar-refractivity contribution is 0.0986. The van der Waals surface area contributed by atoms with Crippen LogP contribution in [0.1, 0.15) is 40.3 Å². The van der Waals surface area contributed by atoms with Crippen molar-refractivity contribution >= 4 is 16.7 Å². The van der Waals surface area contributed by atoms with Crippen molar-refractivity contribution < 1.29 is 4.79 Å². The highest BCUT2D eigenvalue weighted by molar-refractivity contribution is 5.97. The Balaban J connectivity index is 1.51. The highest BCUT2D eigenvalue weighted by Crippen LogP contribution is 2.28. The van der Waals surface area contributed by atoms with Gasteiger partial charge >= 0.3 is 0 Å². The van der Waals surface area contributed by atoms with E-state index in [1.165, 1.54) is 5.69 Å². The van der Waals surface area contributed by atoms with Crippen molar-refractivity contribution in [3.8, 4) is 5.69 Å². The molecule has 2 aromatic carbocycles. The number of Topliss-reactive ketones (excluding diaryl/α,β-unsaturated/α-hetero) is 1. The molecule has 2 aromatic heterocycles. The molecule has 0 bridgehead atoms. The quantitative estimate of drug-likeness (QED) is 0.490. The van der Waals surface area contributed by atoms with Gasteiger partial charge in [0.15, 0.2) is 5.78 Å². The lowest BCUT2D eigenvalue weighted by Crippen LogP contribution is -2.10. The van der Waals surface area contributed by atoms with Gasteiger partial charge in [-0.1, -0.05) is 42.5 Å². The summed E-state index contributed by atoms with van der Waals surface area (Å²) in [7, 11) is 0. The van der Waals surface area contributed by atoms with Crippen molar-refractivity contribution in [2.24, 2.45) is 0 Å². The zero-order valence-corrected chi connectivity index (χ0v) is 15.6. The summed E-state index contributed by atoms with van der Waals surface area (Å²) in [6.45, 7) is 0. The second-order valence-electron chi connectivity index (χ2n) is 7.32. The Kier molecular flexibility index (Phi) is 4.24. The zero-order valence-electron chi connectivity index (χ0n) is 15.6. The topological polar surface area (TPSA) is 47.8 Å². The predicted octanol–water partition coefficient (Wildman–Crippen LogP) is 4.72. The van der Waals surface area contributed by atoms with Crippen LogP contribution in [0.4, 0.5) is 0 Å². The average molecular weight is 367 g/mol. The molecule has 1 aliphatic carbocycles. The van der Waals surface area contributed by atoms with E-state index < -0.39 is 0 Å². The standard InChI is InChI=1S/C24H21N3O/c28-23(16-18-15-14-17-8-4-6-12-21(17)25-18)24-20-11-5-7-13-22(20)27(26-24)19-9-2-1-3-10-19/h1-4,6,8-10,12,14-15H,5,7,11,13,16H2. The van der Waals surface area contributed by atoms with Gasteiger partial charge in [0, 0.05) is 22.3 Å². The van der Waals surface area contributed by atoms with Gasteiger partial charge in [-0.25, -0.2) is 4.68 Å². The molecule has 0 saturated carbocycles. The maximum atomic E-state index is 13.2. The number of nitrogens with zero attached hydrogens (tertiary/aromatic N) is 3. The van der Waals surface area contributed by atoms with Crippen LogP contribution in [-0.2, 0) is 19.3 Å². The number of pyridine rings is 1. The van der Waals surface area contributed by atoms with Gasteiger partial charge in [-0.15, -0.1) is 0 Å². The maximum absolute atomic E-state index is 13.2. The summed E-state index contributed by atoms with van der Waals surface area (Å²) in [5.74, 6) is 0.0515. The number of aromatic nitrogens is 3. The summed E-state index contributed by atoms with van der Waals surface area (Å²) in [6, 6.07) is 22.1. The van der Waals surface area contributed by atoms with Crippen LogP contribution < -0.4 is 0 Å². The van der Waals surface area contributed by atoms with Crippen molar-refractivity contribution in [2.75, 3.05) is 0 Å². The molecule has 28 heavy (non-hydrogen) atoms. The average Bonchev–Trinajstić information content (AvgIpc) is 3.14. The van der Waals surface area contributed by atoms with Gasteiger partial charge in [0.25, 0.3) is 0 Å². The largest absolute Gasteiger partial charge is 0.292 e. The SMILES string of the molecule is O=C(Cc1ccc2ccccc2n1)c1nn(-c2ccccc2)c2c1CCCC2. The van der Waals surface area contributed by atoms with Crippen molar-refractivity contribution in [3.63, 3.8) is 0 Å². The number of hydrogen-bond donors (Lipinski definition) is 0. The van der Waals surface area contributed by atoms with E-state index >= 15 is 0 Å². The fraction of sp³-hybridized carbons (Fsp3) is 0.208. The van der Waals surface area contributed by atoms with Gasteiger partial charge in [-0.3, -0.25) is 9.78 Å². The van der Waals surface area contributed by atoms with Gasteiger partial charge in [-0.05, 0) is 49.9 Å². The van der Waals surface area contributed by atoms with E-state index in [0.717, 1.165) is 53.5 Å². The summed E-state index contributed by atoms with van der Waals surface area (Å²) < 4.78 is 1.97. The van der Waals surface area contributed by atoms with E-state index in [0.29, 0.717) is 5.69 Å². The molecule has 0 spiro atoms. The van der Waals surface area contributed by atoms with Gasteiger partial charge in [0.05, 0.1) is 17.6 Å². The maximum Gasteiger partial charge on any atom is 0.189 e. The Bertz CT molecular complexity index is 1160. The third-order valence-corrected chi connectivity index (χ3v) is 5.44. The van der Waals surface area contributed by atoms with Crippen LogP contribution in [0.25, 0.3) is 16.6 Å². The smallest absolute Gasteiger partial charge is 0.189 e. The Labute approximate surface area is 163 Å². The normalized spacial score (nSPS) is 13.4. The minimum Gasteiger partial charge on any atom is -0.292 e. The van der Waals surface area contributed by atoms with Gasteiger partial charge in [0.2, 0.25) is 0 Å². The minimum atomic E-state index is 0.0515. The Morgan fingerprint density at radius 2 is 1.68 bits per heavy atom. The molecule has 0 radical (unpaired) electrons. The van der Waals surface area contributed by atoms with Crippen LogP contribution in [0.5, 0.6) is 0 Å². The van der Waals surface area contributed by atoms with Crippen LogP contribution in [0, 0.1) is 0 Å². The van der Waals surface area contributed by atoms with E-state index in [1.54, 1.807) is 0 Å². The van der Waals surface area contributed by atoms with Crippen molar-refractivity contribution in [1.82, 2.24) is 14.8 Å². The third kappa shape index (κ3) is 3.01. The lowest BCUT2D eigenvalue weighted by atomic mass is 9.93. The molecule has 4 aromatic rings. The summed E-state index contributed by atoms with van der Waals surface area (Å²) in [4.78, 5) is 17.8. The number of fused-ring (bicyclic) bond motifs is 2. The predicted molar refractivity (Wildman–Crippen MR) is 110 cm³/mol. The Morgan fingerprint density at radius 3 is 2.57 bits per heavy atom. The van der Waals surface area contributed by atoms with Crippen LogP contribution in [0.3, 0.4) is 0 Å². The molecule has 0 atom stereocenters. The van der Waals surface area contributed by atoms with Crippen LogP contribution in [0.15, 0.2) is 66.7 Å². The summed E-state index contributed by atoms with van der Waals surface area (Å²) in [5, 5.41) is 5.85. The number of hydrogen-bond acceptors (Lipinski definition) is 3. The summed E-state index contributed by atoms with van der Waals surface area (Å²) in [6.07, 6.45) is 4.43. The molecular formula is C24H21N3O. The molecule has 0 fully saturated rings. The van der Waals surface area contributed by atoms with Crippen molar-refractivity contribution in [2.45, 2.75) is 32.1 Å². The second kappa shape index (κ2) is 7.04. The van der Waals surface area contributed by atoms with Crippen LogP contribution in [-0.4, -0.2) is 20.5 Å². The molecule has 0 saturated heterocycles. The number of para-hydroxylation sites is 2. The molecule has 0 aliphatic heterocycles. The summed E-state index contributed by atoms with van der Waals surface area (Å²) >= 11 is 0. The summed E-state index contributed by atoms with van der Waals surface area (Å²) in [5.41, 5.74) is 5.66. The second-order valence-corrected chi connectivity index (χ2v) is 7.32. The number of carbonyl (C=O) groups is 1. The highest BCUT2D eigenvalue weighted by atomic mass is 16.1. The highest BCUT2D eigenvalue weighted by Gasteiger charge is 2.25. The van der Waals surface area contributed by atoms with Gasteiger partial charge in [0.1, 0.15) is 5.69 Å². The fourth-order valence-corrected chi connectivity index (χ4v) is 4.06. The van der Waals surface area contributed by atoms with E-state index in [4.69, 9.17) is 5.10 Å². The minimum absolute atomic E-state index is 0.0515. The number of ketones is 1. The molecule has 0 N–H and O–H groups in total. The van der Waals surface area contributed by atoms with E-state index in [2.05, 4.69) is 4.98 Å². The van der Waals surface area contributed by atoms with Crippen molar-refractivity contribution in [1.29, 1.82) is 0 Å². The monoisotopic (exact) mass is 367 g/mol. The van der Waals surface area contributed by atoms with Gasteiger partial charge in [-0.2, -0.15) is 5.10 Å². The number of rotatable bonds is 4. The first-order valence-corrected chi connectivity index (χ1v) is 9.84. The molecule has 2 heterocycles. The number of carbonyl (C=O) groups excluding carboxylic acids is 1. The van der Waals surface area contributed by atoms with E-state index in [-0.39, 0.29) is 12.2 Å². The third-order valence-electron chi connectivity index (χ3n) is 5.44. The molecule has 1 aliphatic rings. The van der Waals surface area contributed by atoms with E-state index in [9.17, 15) is 4.79 Å². The van der Waals surface area contributed by atoms with Crippen LogP contribution >= 0.6 is 0 Å². The number of benzene rings is 2. The van der Waals surface area contributed by atoms with E-state index in [1.807, 2.05) is 71.4 Å². The molecule has 5 rings (SSSR count). The molecule has 0 amide bonds. The Hall–Kier alpha value is -3.27. The molecular weight excluding hydrogens is 346 g/mol. The Morgan fingerprint density at radius 1 is 0.893 bits per heavy atom. The first-order valence-electron chi connectivity index (χ1n) is 9.84. The molecule has 0 unspecified atom stereocenters. The molecule has 4 nitrogen and oxygen atoms in total. The first-order chi connectivity index (χ1) is 13.8. The fourth-order valence-electron chi connectivity index (χ4n) is 4.06.